The lowest BCUT2D eigenvalue weighted by Gasteiger charge is -2.31. The van der Waals surface area contributed by atoms with Crippen LogP contribution in [0.4, 0.5) is 0 Å². The SMILES string of the molecule is CCCCCCCCCCCC(SSSSSSC(CCCCCCCCCCC)[Si](OC)(OC)OC)[Si](OC)(OC)OC. The zero-order chi connectivity index (χ0) is 32.8. The van der Waals surface area contributed by atoms with E-state index in [4.69, 9.17) is 26.6 Å². The molecule has 0 radical (unpaired) electrons. The third-order valence-electron chi connectivity index (χ3n) is 8.03. The highest BCUT2D eigenvalue weighted by molar-refractivity contribution is 9.42. The van der Waals surface area contributed by atoms with Gasteiger partial charge in [0.05, 0.1) is 9.75 Å². The van der Waals surface area contributed by atoms with Crippen molar-refractivity contribution < 1.29 is 26.6 Å². The van der Waals surface area contributed by atoms with E-state index in [0.717, 1.165) is 12.8 Å². The molecule has 0 bridgehead atoms. The first kappa shape index (κ1) is 46.3. The van der Waals surface area contributed by atoms with Crippen molar-refractivity contribution in [3.8, 4) is 0 Å². The number of hydrogen-bond acceptors (Lipinski definition) is 12. The van der Waals surface area contributed by atoms with Crippen LogP contribution >= 0.6 is 60.9 Å². The van der Waals surface area contributed by atoms with Gasteiger partial charge in [0, 0.05) is 42.7 Å². The van der Waals surface area contributed by atoms with Gasteiger partial charge in [0.15, 0.2) is 0 Å². The largest absolute Gasteiger partial charge is 0.514 e. The fraction of sp³-hybridized carbons (Fsp3) is 1.00. The van der Waals surface area contributed by atoms with Gasteiger partial charge < -0.3 is 26.6 Å². The fourth-order valence-corrected chi connectivity index (χ4v) is 27.5. The zero-order valence-electron chi connectivity index (χ0n) is 29.2. The quantitative estimate of drug-likeness (QED) is 0.0350. The van der Waals surface area contributed by atoms with Crippen molar-refractivity contribution in [3.63, 3.8) is 0 Å². The summed E-state index contributed by atoms with van der Waals surface area (Å²) < 4.78 is 35.4. The van der Waals surface area contributed by atoms with E-state index < -0.39 is 17.6 Å². The average Bonchev–Trinajstić information content (AvgIpc) is 3.05. The summed E-state index contributed by atoms with van der Waals surface area (Å²) in [5, 5.41) is 0. The molecule has 0 amide bonds. The summed E-state index contributed by atoms with van der Waals surface area (Å²) in [5.74, 6) is 0. The number of hydrogen-bond donors (Lipinski definition) is 0. The van der Waals surface area contributed by atoms with Crippen LogP contribution < -0.4 is 0 Å². The van der Waals surface area contributed by atoms with Gasteiger partial charge in [-0.05, 0) is 52.1 Å². The molecule has 266 valence electrons. The van der Waals surface area contributed by atoms with Gasteiger partial charge in [-0.2, -0.15) is 0 Å². The summed E-state index contributed by atoms with van der Waals surface area (Å²) in [5.41, 5.74) is 0. The molecule has 0 aliphatic carbocycles. The topological polar surface area (TPSA) is 55.4 Å². The highest BCUT2D eigenvalue weighted by Crippen LogP contribution is 2.56. The molecule has 0 heterocycles. The standard InChI is InChI=1S/C30H66O6S6Si2/c1-9-11-13-15-17-19-21-23-25-27-29(43(31-3,32-4)33-5)37-39-41-42-40-38-30(44(34-6,35-7)36-8)28-26-24-22-20-18-16-14-12-10-2/h29-30H,9-28H2,1-8H3. The summed E-state index contributed by atoms with van der Waals surface area (Å²) in [4.78, 5) is 0.412. The Morgan fingerprint density at radius 3 is 0.864 bits per heavy atom. The van der Waals surface area contributed by atoms with Gasteiger partial charge in [-0.1, -0.05) is 151 Å². The monoisotopic (exact) mass is 770 g/mol. The first-order chi connectivity index (χ1) is 21.5. The van der Waals surface area contributed by atoms with Crippen LogP contribution in [0.3, 0.4) is 0 Å². The predicted molar refractivity (Wildman–Crippen MR) is 210 cm³/mol. The highest BCUT2D eigenvalue weighted by Gasteiger charge is 2.49. The maximum absolute atomic E-state index is 5.90. The highest BCUT2D eigenvalue weighted by atomic mass is 33.9. The minimum atomic E-state index is -2.73. The van der Waals surface area contributed by atoms with Crippen LogP contribution in [0.2, 0.25) is 0 Å². The Bertz CT molecular complexity index is 546. The molecule has 0 aromatic rings. The minimum Gasteiger partial charge on any atom is -0.376 e. The molecule has 0 rings (SSSR count). The Kier molecular flexibility index (Phi) is 34.2. The molecule has 0 fully saturated rings. The molecule has 0 saturated carbocycles. The third kappa shape index (κ3) is 20.7. The van der Waals surface area contributed by atoms with Crippen molar-refractivity contribution in [2.45, 2.75) is 152 Å². The lowest BCUT2D eigenvalue weighted by atomic mass is 10.1. The van der Waals surface area contributed by atoms with Crippen LogP contribution in [0.25, 0.3) is 0 Å². The molecular weight excluding hydrogens is 705 g/mol. The lowest BCUT2D eigenvalue weighted by molar-refractivity contribution is 0.120. The first-order valence-electron chi connectivity index (χ1n) is 16.8. The molecule has 44 heavy (non-hydrogen) atoms. The second-order valence-corrected chi connectivity index (χ2v) is 28.0. The Morgan fingerprint density at radius 2 is 0.614 bits per heavy atom. The van der Waals surface area contributed by atoms with Crippen LogP contribution in [-0.2, 0) is 26.6 Å². The predicted octanol–water partition coefficient (Wildman–Crippen LogP) is 12.4. The van der Waals surface area contributed by atoms with Crippen LogP contribution in [0, 0.1) is 0 Å². The summed E-state index contributed by atoms with van der Waals surface area (Å²) in [6.07, 6.45) is 25.9. The van der Waals surface area contributed by atoms with E-state index in [0.29, 0.717) is 0 Å². The molecule has 0 aliphatic rings. The average molecular weight is 771 g/mol. The molecule has 14 heteroatoms. The molecule has 0 N–H and O–H groups in total. The molecule has 0 aromatic carbocycles. The van der Waals surface area contributed by atoms with E-state index in [1.54, 1.807) is 82.0 Å². The smallest absolute Gasteiger partial charge is 0.376 e. The van der Waals surface area contributed by atoms with Crippen molar-refractivity contribution in [3.05, 3.63) is 0 Å². The Labute approximate surface area is 297 Å². The molecule has 6 nitrogen and oxygen atoms in total. The van der Waals surface area contributed by atoms with Gasteiger partial charge in [-0.25, -0.2) is 0 Å². The molecule has 0 spiro atoms. The molecule has 2 atom stereocenters. The van der Waals surface area contributed by atoms with Gasteiger partial charge in [-0.15, -0.1) is 0 Å². The molecule has 0 aromatic heterocycles. The van der Waals surface area contributed by atoms with Gasteiger partial charge in [0.25, 0.3) is 0 Å². The summed E-state index contributed by atoms with van der Waals surface area (Å²) in [7, 11) is 15.8. The van der Waals surface area contributed by atoms with E-state index in [-0.39, 0.29) is 9.75 Å². The molecule has 2 unspecified atom stereocenters. The van der Waals surface area contributed by atoms with Gasteiger partial charge >= 0.3 is 17.6 Å². The maximum atomic E-state index is 5.90. The van der Waals surface area contributed by atoms with E-state index in [2.05, 4.69) is 13.8 Å². The van der Waals surface area contributed by atoms with Crippen LogP contribution in [0.5, 0.6) is 0 Å². The second-order valence-electron chi connectivity index (χ2n) is 11.1. The lowest BCUT2D eigenvalue weighted by Crippen LogP contribution is -2.52. The second kappa shape index (κ2) is 32.5. The van der Waals surface area contributed by atoms with Crippen LogP contribution in [-0.4, -0.2) is 70.0 Å². The number of unbranched alkanes of at least 4 members (excludes halogenated alkanes) is 16. The van der Waals surface area contributed by atoms with Crippen LogP contribution in [0.15, 0.2) is 0 Å². The fourth-order valence-electron chi connectivity index (χ4n) is 5.29. The Balaban J connectivity index is 4.66. The Hall–Kier alpha value is 2.29. The normalized spacial score (nSPS) is 13.9. The van der Waals surface area contributed by atoms with E-state index in [1.807, 2.05) is 21.6 Å². The van der Waals surface area contributed by atoms with Crippen molar-refractivity contribution in [1.29, 1.82) is 0 Å². The van der Waals surface area contributed by atoms with Crippen molar-refractivity contribution in [2.24, 2.45) is 0 Å². The van der Waals surface area contributed by atoms with Crippen molar-refractivity contribution >= 4 is 78.5 Å². The van der Waals surface area contributed by atoms with Gasteiger partial charge in [0.2, 0.25) is 0 Å². The minimum absolute atomic E-state index is 0.206. The molecule has 0 saturated heterocycles. The van der Waals surface area contributed by atoms with Crippen molar-refractivity contribution in [2.75, 3.05) is 42.7 Å². The van der Waals surface area contributed by atoms with E-state index in [9.17, 15) is 0 Å². The third-order valence-corrected chi connectivity index (χ3v) is 28.1. The van der Waals surface area contributed by atoms with E-state index >= 15 is 0 Å². The number of rotatable bonds is 35. The van der Waals surface area contributed by atoms with Crippen molar-refractivity contribution in [1.82, 2.24) is 0 Å². The van der Waals surface area contributed by atoms with E-state index in [1.165, 1.54) is 116 Å². The summed E-state index contributed by atoms with van der Waals surface area (Å²) in [6, 6.07) is 0. The van der Waals surface area contributed by atoms with Gasteiger partial charge in [0.1, 0.15) is 0 Å². The summed E-state index contributed by atoms with van der Waals surface area (Å²) >= 11 is 0. The van der Waals surface area contributed by atoms with Gasteiger partial charge in [-0.3, -0.25) is 0 Å². The van der Waals surface area contributed by atoms with Crippen LogP contribution in [0.1, 0.15) is 142 Å². The summed E-state index contributed by atoms with van der Waals surface area (Å²) in [6.45, 7) is 4.55. The molecule has 0 aliphatic heterocycles. The maximum Gasteiger partial charge on any atom is 0.514 e. The first-order valence-corrected chi connectivity index (χ1v) is 28.0. The molecular formula is C30H66O6S6Si2. The zero-order valence-corrected chi connectivity index (χ0v) is 36.1. The Morgan fingerprint density at radius 1 is 0.364 bits per heavy atom.